The van der Waals surface area contributed by atoms with Gasteiger partial charge in [-0.3, -0.25) is 14.9 Å². The maximum absolute atomic E-state index is 12.7. The Morgan fingerprint density at radius 2 is 1.60 bits per heavy atom. The molecule has 2 aromatic carbocycles. The Balaban J connectivity index is 2.41. The maximum atomic E-state index is 12.7. The van der Waals surface area contributed by atoms with Crippen molar-refractivity contribution in [1.82, 2.24) is 0 Å². The minimum Gasteiger partial charge on any atom is -0.321 e. The number of nitro groups is 1. The van der Waals surface area contributed by atoms with Gasteiger partial charge in [0.2, 0.25) is 0 Å². The summed E-state index contributed by atoms with van der Waals surface area (Å²) in [6, 6.07) is 10.5. The van der Waals surface area contributed by atoms with Crippen LogP contribution in [0.5, 0.6) is 0 Å². The van der Waals surface area contributed by atoms with Crippen molar-refractivity contribution < 1.29 is 9.72 Å². The maximum Gasteiger partial charge on any atom is 0.272 e. The number of carbonyl (C=O) groups is 1. The second-order valence-corrected chi connectivity index (χ2v) is 6.83. The number of amides is 1. The molecule has 0 atom stereocenters. The molecule has 132 valence electrons. The first-order valence-electron chi connectivity index (χ1n) is 8.41. The summed E-state index contributed by atoms with van der Waals surface area (Å²) in [5, 5.41) is 14.0. The number of carbonyl (C=O) groups excluding carboxylic acids is 1. The molecule has 0 radical (unpaired) electrons. The van der Waals surface area contributed by atoms with Gasteiger partial charge in [-0.2, -0.15) is 0 Å². The fraction of sp³-hybridized carbons (Fsp3) is 0.350. The van der Waals surface area contributed by atoms with Crippen LogP contribution in [0.25, 0.3) is 0 Å². The summed E-state index contributed by atoms with van der Waals surface area (Å²) in [5.41, 5.74) is 3.90. The zero-order valence-corrected chi connectivity index (χ0v) is 15.3. The highest BCUT2D eigenvalue weighted by molar-refractivity contribution is 6.05. The molecule has 0 saturated carbocycles. The summed E-state index contributed by atoms with van der Waals surface area (Å²) in [6.45, 7) is 9.99. The van der Waals surface area contributed by atoms with E-state index in [1.54, 1.807) is 13.0 Å². The van der Waals surface area contributed by atoms with Crippen LogP contribution in [0.15, 0.2) is 36.4 Å². The molecule has 0 aliphatic rings. The van der Waals surface area contributed by atoms with Gasteiger partial charge in [0, 0.05) is 22.9 Å². The summed E-state index contributed by atoms with van der Waals surface area (Å²) in [6.07, 6.45) is 0. The van der Waals surface area contributed by atoms with Crippen molar-refractivity contribution in [3.63, 3.8) is 0 Å². The first-order chi connectivity index (χ1) is 11.7. The third kappa shape index (κ3) is 4.05. The van der Waals surface area contributed by atoms with Gasteiger partial charge in [0.15, 0.2) is 0 Å². The lowest BCUT2D eigenvalue weighted by molar-refractivity contribution is -0.385. The SMILES string of the molecule is Cc1cc(C(=O)Nc2c(C(C)C)cccc2C(C)C)ccc1[N+](=O)[O-]. The lowest BCUT2D eigenvalue weighted by atomic mass is 9.92. The monoisotopic (exact) mass is 340 g/mol. The van der Waals surface area contributed by atoms with E-state index in [0.29, 0.717) is 11.1 Å². The predicted octanol–water partition coefficient (Wildman–Crippen LogP) is 5.40. The Bertz CT molecular complexity index is 784. The molecular formula is C20H24N2O3. The van der Waals surface area contributed by atoms with Crippen molar-refractivity contribution >= 4 is 17.3 Å². The van der Waals surface area contributed by atoms with E-state index in [1.807, 2.05) is 18.2 Å². The number of nitro benzene ring substituents is 1. The van der Waals surface area contributed by atoms with Gasteiger partial charge in [0.1, 0.15) is 0 Å². The van der Waals surface area contributed by atoms with Crippen LogP contribution in [-0.4, -0.2) is 10.8 Å². The lowest BCUT2D eigenvalue weighted by Gasteiger charge is -2.20. The number of hydrogen-bond donors (Lipinski definition) is 1. The van der Waals surface area contributed by atoms with Gasteiger partial charge in [-0.15, -0.1) is 0 Å². The summed E-state index contributed by atoms with van der Waals surface area (Å²) in [5.74, 6) is 0.285. The van der Waals surface area contributed by atoms with Crippen molar-refractivity contribution in [3.8, 4) is 0 Å². The van der Waals surface area contributed by atoms with Crippen LogP contribution < -0.4 is 5.32 Å². The van der Waals surface area contributed by atoms with Crippen molar-refractivity contribution in [1.29, 1.82) is 0 Å². The normalized spacial score (nSPS) is 11.0. The third-order valence-corrected chi connectivity index (χ3v) is 4.27. The fourth-order valence-corrected chi connectivity index (χ4v) is 2.88. The highest BCUT2D eigenvalue weighted by atomic mass is 16.6. The summed E-state index contributed by atoms with van der Waals surface area (Å²) >= 11 is 0. The second-order valence-electron chi connectivity index (χ2n) is 6.83. The zero-order valence-electron chi connectivity index (χ0n) is 15.3. The smallest absolute Gasteiger partial charge is 0.272 e. The molecule has 0 bridgehead atoms. The van der Waals surface area contributed by atoms with Crippen molar-refractivity contribution in [2.75, 3.05) is 5.32 Å². The minimum atomic E-state index is -0.443. The molecule has 0 saturated heterocycles. The van der Waals surface area contributed by atoms with E-state index < -0.39 is 4.92 Å². The number of nitrogens with zero attached hydrogens (tertiary/aromatic N) is 1. The molecule has 5 nitrogen and oxygen atoms in total. The highest BCUT2D eigenvalue weighted by Crippen LogP contribution is 2.33. The first-order valence-corrected chi connectivity index (χ1v) is 8.41. The van der Waals surface area contributed by atoms with Crippen molar-refractivity contribution in [2.24, 2.45) is 0 Å². The highest BCUT2D eigenvalue weighted by Gasteiger charge is 2.18. The van der Waals surface area contributed by atoms with Crippen LogP contribution >= 0.6 is 0 Å². The molecule has 5 heteroatoms. The minimum absolute atomic E-state index is 0.0157. The molecule has 1 N–H and O–H groups in total. The molecule has 25 heavy (non-hydrogen) atoms. The number of benzene rings is 2. The Kier molecular flexibility index (Phi) is 5.57. The zero-order chi connectivity index (χ0) is 18.7. The Morgan fingerprint density at radius 1 is 1.04 bits per heavy atom. The van der Waals surface area contributed by atoms with E-state index in [2.05, 4.69) is 33.0 Å². The standard InChI is InChI=1S/C20H24N2O3/c1-12(2)16-7-6-8-17(13(3)4)19(16)21-20(23)15-9-10-18(22(24)25)14(5)11-15/h6-13H,1-5H3,(H,21,23). The van der Waals surface area contributed by atoms with Gasteiger partial charge in [-0.05, 0) is 42.0 Å². The van der Waals surface area contributed by atoms with E-state index in [1.165, 1.54) is 12.1 Å². The van der Waals surface area contributed by atoms with Crippen LogP contribution in [0.1, 0.15) is 66.6 Å². The number of hydrogen-bond acceptors (Lipinski definition) is 3. The van der Waals surface area contributed by atoms with Gasteiger partial charge in [0.05, 0.1) is 4.92 Å². The van der Waals surface area contributed by atoms with Crippen LogP contribution in [0, 0.1) is 17.0 Å². The van der Waals surface area contributed by atoms with Crippen LogP contribution in [-0.2, 0) is 0 Å². The Hall–Kier alpha value is -2.69. The topological polar surface area (TPSA) is 72.2 Å². The average Bonchev–Trinajstić information content (AvgIpc) is 2.53. The average molecular weight is 340 g/mol. The molecule has 2 rings (SSSR count). The van der Waals surface area contributed by atoms with Crippen molar-refractivity contribution in [2.45, 2.75) is 46.5 Å². The van der Waals surface area contributed by atoms with Gasteiger partial charge in [-0.25, -0.2) is 0 Å². The van der Waals surface area contributed by atoms with E-state index in [-0.39, 0.29) is 23.4 Å². The molecule has 0 heterocycles. The largest absolute Gasteiger partial charge is 0.321 e. The molecule has 1 amide bonds. The number of para-hydroxylation sites is 1. The Labute approximate surface area is 148 Å². The summed E-state index contributed by atoms with van der Waals surface area (Å²) in [7, 11) is 0. The number of nitrogens with one attached hydrogen (secondary N) is 1. The molecule has 0 unspecified atom stereocenters. The number of aryl methyl sites for hydroxylation is 1. The first kappa shape index (κ1) is 18.6. The molecule has 0 aromatic heterocycles. The van der Waals surface area contributed by atoms with E-state index in [4.69, 9.17) is 0 Å². The summed E-state index contributed by atoms with van der Waals surface area (Å²) in [4.78, 5) is 23.2. The van der Waals surface area contributed by atoms with Gasteiger partial charge >= 0.3 is 0 Å². The van der Waals surface area contributed by atoms with Crippen LogP contribution in [0.3, 0.4) is 0 Å². The number of anilines is 1. The number of rotatable bonds is 5. The molecule has 0 spiro atoms. The van der Waals surface area contributed by atoms with Crippen LogP contribution in [0.4, 0.5) is 11.4 Å². The molecular weight excluding hydrogens is 316 g/mol. The predicted molar refractivity (Wildman–Crippen MR) is 100 cm³/mol. The van der Waals surface area contributed by atoms with E-state index >= 15 is 0 Å². The second kappa shape index (κ2) is 7.47. The Morgan fingerprint density at radius 3 is 2.04 bits per heavy atom. The van der Waals surface area contributed by atoms with Gasteiger partial charge in [-0.1, -0.05) is 45.9 Å². The van der Waals surface area contributed by atoms with Crippen molar-refractivity contribution in [3.05, 3.63) is 68.8 Å². The van der Waals surface area contributed by atoms with E-state index in [9.17, 15) is 14.9 Å². The lowest BCUT2D eigenvalue weighted by Crippen LogP contribution is -2.16. The quantitative estimate of drug-likeness (QED) is 0.585. The third-order valence-electron chi connectivity index (χ3n) is 4.27. The fourth-order valence-electron chi connectivity index (χ4n) is 2.88. The molecule has 0 fully saturated rings. The van der Waals surface area contributed by atoms with E-state index in [0.717, 1.165) is 16.8 Å². The van der Waals surface area contributed by atoms with Gasteiger partial charge < -0.3 is 5.32 Å². The molecule has 0 aliphatic carbocycles. The molecule has 0 aliphatic heterocycles. The molecule has 2 aromatic rings. The van der Waals surface area contributed by atoms with Crippen LogP contribution in [0.2, 0.25) is 0 Å². The summed E-state index contributed by atoms with van der Waals surface area (Å²) < 4.78 is 0. The van der Waals surface area contributed by atoms with Gasteiger partial charge in [0.25, 0.3) is 11.6 Å².